The second-order valence-electron chi connectivity index (χ2n) is 4.99. The van der Waals surface area contributed by atoms with E-state index < -0.39 is 0 Å². The van der Waals surface area contributed by atoms with Gasteiger partial charge in [-0.1, -0.05) is 13.0 Å². The summed E-state index contributed by atoms with van der Waals surface area (Å²) in [6, 6.07) is 5.20. The van der Waals surface area contributed by atoms with E-state index in [1.54, 1.807) is 12.1 Å². The minimum absolute atomic E-state index is 0. The summed E-state index contributed by atoms with van der Waals surface area (Å²) < 4.78 is 5.13. The van der Waals surface area contributed by atoms with E-state index in [0.29, 0.717) is 18.3 Å². The van der Waals surface area contributed by atoms with Crippen molar-refractivity contribution in [2.24, 2.45) is 0 Å². The number of carbonyl (C=O) groups excluding carboxylic acids is 1. The molecule has 0 bridgehead atoms. The van der Waals surface area contributed by atoms with E-state index in [4.69, 9.17) is 4.74 Å². The Kier molecular flexibility index (Phi) is 6.78. The van der Waals surface area contributed by atoms with Gasteiger partial charge >= 0.3 is 0 Å². The van der Waals surface area contributed by atoms with Crippen molar-refractivity contribution in [1.82, 2.24) is 10.2 Å². The molecule has 0 spiro atoms. The molecule has 0 unspecified atom stereocenters. The standard InChI is InChI=1S/C15H22N2O3.ClH/c1-3-17-9-5-6-11(17)10-16-15(19)14-12(18)7-4-8-13(14)20-2;/h4,7-8,11,18H,3,5-6,9-10H2,1-2H3,(H,16,19);1H/t11-;/m0./s1. The highest BCUT2D eigenvalue weighted by atomic mass is 35.5. The zero-order valence-corrected chi connectivity index (χ0v) is 13.3. The maximum atomic E-state index is 12.2. The first-order valence-corrected chi connectivity index (χ1v) is 7.05. The Morgan fingerprint density at radius 3 is 2.95 bits per heavy atom. The van der Waals surface area contributed by atoms with E-state index >= 15 is 0 Å². The van der Waals surface area contributed by atoms with E-state index in [1.807, 2.05) is 0 Å². The van der Waals surface area contributed by atoms with E-state index in [0.717, 1.165) is 19.5 Å². The van der Waals surface area contributed by atoms with Crippen LogP contribution in [0.2, 0.25) is 0 Å². The predicted molar refractivity (Wildman–Crippen MR) is 84.5 cm³/mol. The van der Waals surface area contributed by atoms with Gasteiger partial charge in [-0.3, -0.25) is 9.69 Å². The summed E-state index contributed by atoms with van der Waals surface area (Å²) in [6.07, 6.45) is 2.28. The third-order valence-electron chi connectivity index (χ3n) is 3.85. The summed E-state index contributed by atoms with van der Waals surface area (Å²) in [4.78, 5) is 14.6. The summed E-state index contributed by atoms with van der Waals surface area (Å²) >= 11 is 0. The Labute approximate surface area is 131 Å². The average molecular weight is 315 g/mol. The minimum atomic E-state index is -0.289. The van der Waals surface area contributed by atoms with Crippen molar-refractivity contribution in [1.29, 1.82) is 0 Å². The molecular formula is C15H23ClN2O3. The normalized spacial score (nSPS) is 18.1. The fraction of sp³-hybridized carbons (Fsp3) is 0.533. The fourth-order valence-corrected chi connectivity index (χ4v) is 2.76. The molecule has 1 aromatic rings. The van der Waals surface area contributed by atoms with Gasteiger partial charge in [0.25, 0.3) is 5.91 Å². The van der Waals surface area contributed by atoms with Crippen LogP contribution in [0.5, 0.6) is 11.5 Å². The monoisotopic (exact) mass is 314 g/mol. The summed E-state index contributed by atoms with van der Waals surface area (Å²) in [7, 11) is 1.49. The van der Waals surface area contributed by atoms with Gasteiger partial charge in [0.2, 0.25) is 0 Å². The van der Waals surface area contributed by atoms with Gasteiger partial charge in [0.05, 0.1) is 7.11 Å². The van der Waals surface area contributed by atoms with Crippen LogP contribution in [-0.4, -0.2) is 48.7 Å². The molecule has 1 atom stereocenters. The lowest BCUT2D eigenvalue weighted by atomic mass is 10.1. The van der Waals surface area contributed by atoms with Crippen LogP contribution in [-0.2, 0) is 0 Å². The summed E-state index contributed by atoms with van der Waals surface area (Å²) in [5, 5.41) is 12.7. The number of methoxy groups -OCH3 is 1. The average Bonchev–Trinajstić information content (AvgIpc) is 2.91. The number of likely N-dealkylation sites (N-methyl/N-ethyl adjacent to an activating group) is 1. The van der Waals surface area contributed by atoms with Crippen molar-refractivity contribution in [3.63, 3.8) is 0 Å². The third-order valence-corrected chi connectivity index (χ3v) is 3.85. The molecule has 1 heterocycles. The number of phenols is 1. The summed E-state index contributed by atoms with van der Waals surface area (Å²) in [5.41, 5.74) is 0.205. The second-order valence-corrected chi connectivity index (χ2v) is 4.99. The lowest BCUT2D eigenvalue weighted by molar-refractivity contribution is 0.0935. The van der Waals surface area contributed by atoms with Gasteiger partial charge in [0, 0.05) is 12.6 Å². The largest absolute Gasteiger partial charge is 0.507 e. The molecule has 1 aliphatic rings. The first-order valence-electron chi connectivity index (χ1n) is 7.05. The van der Waals surface area contributed by atoms with Gasteiger partial charge in [-0.15, -0.1) is 12.4 Å². The Morgan fingerprint density at radius 2 is 2.29 bits per heavy atom. The molecular weight excluding hydrogens is 292 g/mol. The Balaban J connectivity index is 0.00000220. The summed E-state index contributed by atoms with van der Waals surface area (Å²) in [6.45, 7) is 4.83. The highest BCUT2D eigenvalue weighted by molar-refractivity contribution is 5.99. The maximum Gasteiger partial charge on any atom is 0.258 e. The highest BCUT2D eigenvalue weighted by Gasteiger charge is 2.24. The van der Waals surface area contributed by atoms with Crippen LogP contribution in [0, 0.1) is 0 Å². The van der Waals surface area contributed by atoms with Gasteiger partial charge in [0.1, 0.15) is 17.1 Å². The van der Waals surface area contributed by atoms with Gasteiger partial charge in [-0.05, 0) is 38.1 Å². The zero-order chi connectivity index (χ0) is 14.5. The summed E-state index contributed by atoms with van der Waals surface area (Å²) in [5.74, 6) is 0.0461. The van der Waals surface area contributed by atoms with Gasteiger partial charge in [-0.25, -0.2) is 0 Å². The molecule has 1 fully saturated rings. The first-order chi connectivity index (χ1) is 9.67. The lowest BCUT2D eigenvalue weighted by Crippen LogP contribution is -2.40. The molecule has 1 saturated heterocycles. The van der Waals surface area contributed by atoms with E-state index in [9.17, 15) is 9.90 Å². The van der Waals surface area contributed by atoms with Crippen LogP contribution >= 0.6 is 12.4 Å². The van der Waals surface area contributed by atoms with Crippen molar-refractivity contribution < 1.29 is 14.6 Å². The number of rotatable bonds is 5. The smallest absolute Gasteiger partial charge is 0.258 e. The number of carbonyl (C=O) groups is 1. The third kappa shape index (κ3) is 4.02. The molecule has 0 aromatic heterocycles. The van der Waals surface area contributed by atoms with Gasteiger partial charge in [0.15, 0.2) is 0 Å². The van der Waals surface area contributed by atoms with Crippen molar-refractivity contribution >= 4 is 18.3 Å². The molecule has 0 radical (unpaired) electrons. The molecule has 1 aliphatic heterocycles. The lowest BCUT2D eigenvalue weighted by Gasteiger charge is -2.23. The molecule has 1 aromatic carbocycles. The van der Waals surface area contributed by atoms with E-state index in [-0.39, 0.29) is 29.6 Å². The van der Waals surface area contributed by atoms with E-state index in [2.05, 4.69) is 17.1 Å². The number of hydrogen-bond acceptors (Lipinski definition) is 4. The zero-order valence-electron chi connectivity index (χ0n) is 12.5. The molecule has 21 heavy (non-hydrogen) atoms. The van der Waals surface area contributed by atoms with Crippen molar-refractivity contribution in [3.8, 4) is 11.5 Å². The quantitative estimate of drug-likeness (QED) is 0.873. The number of amides is 1. The van der Waals surface area contributed by atoms with Crippen LogP contribution in [0.15, 0.2) is 18.2 Å². The number of hydrogen-bond donors (Lipinski definition) is 2. The highest BCUT2D eigenvalue weighted by Crippen LogP contribution is 2.27. The van der Waals surface area contributed by atoms with Crippen LogP contribution < -0.4 is 10.1 Å². The van der Waals surface area contributed by atoms with Gasteiger partial charge < -0.3 is 15.2 Å². The van der Waals surface area contributed by atoms with Crippen LogP contribution in [0.3, 0.4) is 0 Å². The number of aromatic hydroxyl groups is 1. The SMILES string of the molecule is CCN1CCC[C@H]1CNC(=O)c1c(O)cccc1OC.Cl. The van der Waals surface area contributed by atoms with E-state index in [1.165, 1.54) is 19.6 Å². The van der Waals surface area contributed by atoms with Gasteiger partial charge in [-0.2, -0.15) is 0 Å². The van der Waals surface area contributed by atoms with Crippen LogP contribution in [0.4, 0.5) is 0 Å². The molecule has 6 heteroatoms. The Bertz CT molecular complexity index is 482. The fourth-order valence-electron chi connectivity index (χ4n) is 2.76. The molecule has 0 aliphatic carbocycles. The number of nitrogens with zero attached hydrogens (tertiary/aromatic N) is 1. The Morgan fingerprint density at radius 1 is 1.52 bits per heavy atom. The Hall–Kier alpha value is -1.46. The molecule has 118 valence electrons. The van der Waals surface area contributed by atoms with Crippen molar-refractivity contribution in [3.05, 3.63) is 23.8 Å². The second kappa shape index (κ2) is 8.10. The number of benzene rings is 1. The molecule has 0 saturated carbocycles. The molecule has 2 rings (SSSR count). The molecule has 1 amide bonds. The molecule has 2 N–H and O–H groups in total. The van der Waals surface area contributed by atoms with Crippen LogP contribution in [0.1, 0.15) is 30.1 Å². The topological polar surface area (TPSA) is 61.8 Å². The maximum absolute atomic E-state index is 12.2. The number of ether oxygens (including phenoxy) is 1. The number of nitrogens with one attached hydrogen (secondary N) is 1. The minimum Gasteiger partial charge on any atom is -0.507 e. The molecule has 5 nitrogen and oxygen atoms in total. The number of likely N-dealkylation sites (tertiary alicyclic amines) is 1. The van der Waals surface area contributed by atoms with Crippen LogP contribution in [0.25, 0.3) is 0 Å². The predicted octanol–water partition coefficient (Wildman–Crippen LogP) is 2.04. The van der Waals surface area contributed by atoms with Crippen molar-refractivity contribution in [2.45, 2.75) is 25.8 Å². The first kappa shape index (κ1) is 17.6. The number of phenolic OH excluding ortho intramolecular Hbond substituents is 1. The van der Waals surface area contributed by atoms with Crippen molar-refractivity contribution in [2.75, 3.05) is 26.7 Å². The number of halogens is 1.